The summed E-state index contributed by atoms with van der Waals surface area (Å²) in [5.74, 6) is 0. The van der Waals surface area contributed by atoms with Crippen LogP contribution in [0.15, 0.2) is 103 Å². The van der Waals surface area contributed by atoms with Gasteiger partial charge in [-0.15, -0.1) is 0 Å². The molecule has 3 aromatic carbocycles. The molecular weight excluding hydrogens is 458 g/mol. The summed E-state index contributed by atoms with van der Waals surface area (Å²) in [7, 11) is 0. The summed E-state index contributed by atoms with van der Waals surface area (Å²) in [5.41, 5.74) is 4.33. The van der Waals surface area contributed by atoms with E-state index in [-0.39, 0.29) is 0 Å². The van der Waals surface area contributed by atoms with Gasteiger partial charge in [0.1, 0.15) is 19.6 Å². The largest absolute Gasteiger partial charge is 0.312 e. The second-order valence-corrected chi connectivity index (χ2v) is 11.2. The fraction of sp³-hybridized carbons (Fsp3) is 0.459. The first-order valence-electron chi connectivity index (χ1n) is 15.4. The molecule has 204 valence electrons. The fourth-order valence-electron chi connectivity index (χ4n) is 5.66. The normalized spacial score (nSPS) is 11.8. The lowest BCUT2D eigenvalue weighted by Crippen LogP contribution is -2.46. The van der Waals surface area contributed by atoms with E-state index in [0.717, 1.165) is 24.1 Å². The predicted octanol–water partition coefficient (Wildman–Crippen LogP) is 10.7. The van der Waals surface area contributed by atoms with Crippen molar-refractivity contribution in [2.24, 2.45) is 0 Å². The van der Waals surface area contributed by atoms with Crippen LogP contribution in [0.1, 0.15) is 101 Å². The number of rotatable bonds is 20. The first-order chi connectivity index (χ1) is 18.8. The molecule has 0 amide bonds. The van der Waals surface area contributed by atoms with Gasteiger partial charge in [-0.1, -0.05) is 149 Å². The van der Waals surface area contributed by atoms with Crippen LogP contribution in [0.5, 0.6) is 0 Å². The summed E-state index contributed by atoms with van der Waals surface area (Å²) in [4.78, 5) is 0. The van der Waals surface area contributed by atoms with Gasteiger partial charge in [0, 0.05) is 16.7 Å². The first-order valence-corrected chi connectivity index (χ1v) is 15.4. The molecule has 0 spiro atoms. The van der Waals surface area contributed by atoms with E-state index in [1.54, 1.807) is 0 Å². The molecule has 0 aliphatic rings. The Morgan fingerprint density at radius 2 is 0.816 bits per heavy atom. The number of allylic oxidation sites excluding steroid dienone is 2. The van der Waals surface area contributed by atoms with E-state index in [4.69, 9.17) is 0 Å². The van der Waals surface area contributed by atoms with Crippen molar-refractivity contribution in [2.45, 2.75) is 104 Å². The van der Waals surface area contributed by atoms with Crippen molar-refractivity contribution < 1.29 is 4.48 Å². The summed E-state index contributed by atoms with van der Waals surface area (Å²) in [6, 6.07) is 33.4. The summed E-state index contributed by atoms with van der Waals surface area (Å²) >= 11 is 0. The van der Waals surface area contributed by atoms with Gasteiger partial charge in [0.05, 0.1) is 6.54 Å². The Balaban J connectivity index is 1.51. The highest BCUT2D eigenvalue weighted by molar-refractivity contribution is 5.17. The monoisotopic (exact) mass is 510 g/mol. The number of unbranched alkanes of at least 4 members (excludes halogenated alkanes) is 10. The third kappa shape index (κ3) is 12.3. The SMILES string of the molecule is CCCCCC/C=C/CCCCCCCC[N+](Cc1ccccc1)(Cc1ccccc1)Cc1ccccc1. The molecule has 1 nitrogen and oxygen atoms in total. The standard InChI is InChI=1S/C37H52N/c1-2-3-4-5-6-7-8-9-10-11-12-13-14-24-31-38(32-35-25-18-15-19-26-35,33-36-27-20-16-21-28-36)34-37-29-22-17-23-30-37/h7-8,15-23,25-30H,2-6,9-14,24,31-34H2,1H3/q+1/b8-7+. The quantitative estimate of drug-likeness (QED) is 0.0805. The lowest BCUT2D eigenvalue weighted by Gasteiger charge is -2.39. The average molecular weight is 511 g/mol. The van der Waals surface area contributed by atoms with E-state index < -0.39 is 0 Å². The molecular formula is C37H52N+. The molecule has 3 rings (SSSR count). The van der Waals surface area contributed by atoms with Crippen LogP contribution >= 0.6 is 0 Å². The van der Waals surface area contributed by atoms with Crippen LogP contribution in [0.4, 0.5) is 0 Å². The van der Waals surface area contributed by atoms with Gasteiger partial charge in [-0.25, -0.2) is 0 Å². The smallest absolute Gasteiger partial charge is 0.105 e. The van der Waals surface area contributed by atoms with E-state index in [1.807, 2.05) is 0 Å². The molecule has 0 aliphatic carbocycles. The second-order valence-electron chi connectivity index (χ2n) is 11.2. The Morgan fingerprint density at radius 1 is 0.447 bits per heavy atom. The Kier molecular flexibility index (Phi) is 14.6. The van der Waals surface area contributed by atoms with Crippen molar-refractivity contribution >= 4 is 0 Å². The minimum Gasteiger partial charge on any atom is -0.312 e. The van der Waals surface area contributed by atoms with Gasteiger partial charge in [-0.2, -0.15) is 0 Å². The maximum atomic E-state index is 2.43. The van der Waals surface area contributed by atoms with Crippen molar-refractivity contribution in [1.29, 1.82) is 0 Å². The van der Waals surface area contributed by atoms with E-state index in [0.29, 0.717) is 0 Å². The van der Waals surface area contributed by atoms with Gasteiger partial charge in [0.2, 0.25) is 0 Å². The van der Waals surface area contributed by atoms with Crippen molar-refractivity contribution in [1.82, 2.24) is 0 Å². The zero-order valence-corrected chi connectivity index (χ0v) is 24.1. The molecule has 0 bridgehead atoms. The van der Waals surface area contributed by atoms with Gasteiger partial charge in [0.15, 0.2) is 0 Å². The van der Waals surface area contributed by atoms with Gasteiger partial charge < -0.3 is 4.48 Å². The van der Waals surface area contributed by atoms with Crippen molar-refractivity contribution in [2.75, 3.05) is 6.54 Å². The molecule has 0 saturated carbocycles. The average Bonchev–Trinajstić information content (AvgIpc) is 2.95. The van der Waals surface area contributed by atoms with Gasteiger partial charge in [-0.05, 0) is 38.5 Å². The van der Waals surface area contributed by atoms with Crippen LogP contribution in [0.25, 0.3) is 0 Å². The van der Waals surface area contributed by atoms with Crippen molar-refractivity contribution in [3.63, 3.8) is 0 Å². The van der Waals surface area contributed by atoms with Gasteiger partial charge >= 0.3 is 0 Å². The highest BCUT2D eigenvalue weighted by Gasteiger charge is 2.28. The van der Waals surface area contributed by atoms with Crippen molar-refractivity contribution in [3.8, 4) is 0 Å². The number of hydrogen-bond donors (Lipinski definition) is 0. The molecule has 0 saturated heterocycles. The Morgan fingerprint density at radius 3 is 1.24 bits per heavy atom. The number of benzene rings is 3. The Labute approximate surface area is 234 Å². The second kappa shape index (κ2) is 18.6. The summed E-state index contributed by atoms with van der Waals surface area (Å²) in [6.45, 7) is 6.74. The van der Waals surface area contributed by atoms with Crippen LogP contribution in [-0.2, 0) is 19.6 Å². The minimum absolute atomic E-state index is 1.08. The summed E-state index contributed by atoms with van der Waals surface area (Å²) in [5, 5.41) is 0. The molecule has 0 N–H and O–H groups in total. The fourth-order valence-corrected chi connectivity index (χ4v) is 5.66. The molecule has 0 aromatic heterocycles. The molecule has 0 radical (unpaired) electrons. The van der Waals surface area contributed by atoms with Crippen molar-refractivity contribution in [3.05, 3.63) is 120 Å². The van der Waals surface area contributed by atoms with Gasteiger partial charge in [-0.3, -0.25) is 0 Å². The molecule has 38 heavy (non-hydrogen) atoms. The van der Waals surface area contributed by atoms with E-state index >= 15 is 0 Å². The van der Waals surface area contributed by atoms with Crippen LogP contribution in [0.2, 0.25) is 0 Å². The van der Waals surface area contributed by atoms with Crippen LogP contribution in [-0.4, -0.2) is 11.0 Å². The Bertz CT molecular complexity index is 876. The lowest BCUT2D eigenvalue weighted by atomic mass is 10.0. The van der Waals surface area contributed by atoms with E-state index in [9.17, 15) is 0 Å². The molecule has 0 unspecified atom stereocenters. The maximum absolute atomic E-state index is 2.43. The zero-order chi connectivity index (χ0) is 26.6. The molecule has 0 fully saturated rings. The number of quaternary nitrogens is 1. The highest BCUT2D eigenvalue weighted by atomic mass is 15.3. The molecule has 3 aromatic rings. The topological polar surface area (TPSA) is 0 Å². The third-order valence-corrected chi connectivity index (χ3v) is 7.73. The number of nitrogens with zero attached hydrogens (tertiary/aromatic N) is 1. The summed E-state index contributed by atoms with van der Waals surface area (Å²) < 4.78 is 1.08. The van der Waals surface area contributed by atoms with Gasteiger partial charge in [0.25, 0.3) is 0 Å². The molecule has 1 heteroatoms. The third-order valence-electron chi connectivity index (χ3n) is 7.73. The predicted molar refractivity (Wildman–Crippen MR) is 166 cm³/mol. The van der Waals surface area contributed by atoms with E-state index in [2.05, 4.69) is 110 Å². The molecule has 0 heterocycles. The molecule has 0 aliphatic heterocycles. The first kappa shape index (κ1) is 29.9. The molecule has 0 atom stereocenters. The minimum atomic E-state index is 1.08. The lowest BCUT2D eigenvalue weighted by molar-refractivity contribution is -0.966. The van der Waals surface area contributed by atoms with Crippen LogP contribution in [0, 0.1) is 0 Å². The zero-order valence-electron chi connectivity index (χ0n) is 24.1. The van der Waals surface area contributed by atoms with E-state index in [1.165, 1.54) is 100 Å². The maximum Gasteiger partial charge on any atom is 0.105 e. The van der Waals surface area contributed by atoms with Crippen LogP contribution in [0.3, 0.4) is 0 Å². The van der Waals surface area contributed by atoms with Crippen LogP contribution < -0.4 is 0 Å². The highest BCUT2D eigenvalue weighted by Crippen LogP contribution is 2.26. The summed E-state index contributed by atoms with van der Waals surface area (Å²) in [6.07, 6.45) is 20.9. The Hall–Kier alpha value is -2.64. The number of hydrogen-bond acceptors (Lipinski definition) is 0.